The highest BCUT2D eigenvalue weighted by Gasteiger charge is 2.24. The standard InChI is InChI=1S/C14H18N2O3/c1-2-12(15)6-13(17)16-7-10-4-3-9(14(18)19)5-11(10)8-16/h3-5,12H,2,6-8,15H2,1H3,(H,18,19). The third kappa shape index (κ3) is 2.93. The lowest BCUT2D eigenvalue weighted by Crippen LogP contribution is -2.32. The zero-order chi connectivity index (χ0) is 14.0. The van der Waals surface area contributed by atoms with Gasteiger partial charge >= 0.3 is 5.97 Å². The highest BCUT2D eigenvalue weighted by Crippen LogP contribution is 2.24. The molecule has 0 saturated carbocycles. The number of carboxylic acid groups (broad SMARTS) is 1. The molecule has 0 fully saturated rings. The molecule has 1 aliphatic heterocycles. The Bertz CT molecular complexity index is 513. The summed E-state index contributed by atoms with van der Waals surface area (Å²) < 4.78 is 0. The first-order valence-electron chi connectivity index (χ1n) is 6.39. The lowest BCUT2D eigenvalue weighted by Gasteiger charge is -2.17. The minimum Gasteiger partial charge on any atom is -0.478 e. The van der Waals surface area contributed by atoms with Crippen molar-refractivity contribution in [3.63, 3.8) is 0 Å². The number of carboxylic acids is 1. The van der Waals surface area contributed by atoms with Crippen LogP contribution in [0.3, 0.4) is 0 Å². The summed E-state index contributed by atoms with van der Waals surface area (Å²) in [4.78, 5) is 24.7. The summed E-state index contributed by atoms with van der Waals surface area (Å²) in [5.41, 5.74) is 7.98. The number of fused-ring (bicyclic) bond motifs is 1. The molecule has 19 heavy (non-hydrogen) atoms. The van der Waals surface area contributed by atoms with Gasteiger partial charge in [-0.25, -0.2) is 4.79 Å². The second-order valence-corrected chi connectivity index (χ2v) is 4.91. The van der Waals surface area contributed by atoms with E-state index in [2.05, 4.69) is 0 Å². The van der Waals surface area contributed by atoms with E-state index in [0.29, 0.717) is 19.5 Å². The van der Waals surface area contributed by atoms with Crippen LogP contribution >= 0.6 is 0 Å². The molecule has 2 rings (SSSR count). The van der Waals surface area contributed by atoms with E-state index in [1.54, 1.807) is 23.1 Å². The van der Waals surface area contributed by atoms with Gasteiger partial charge in [0.2, 0.25) is 5.91 Å². The molecule has 0 bridgehead atoms. The average molecular weight is 262 g/mol. The fourth-order valence-corrected chi connectivity index (χ4v) is 2.20. The Morgan fingerprint density at radius 2 is 2.05 bits per heavy atom. The number of nitrogens with zero attached hydrogens (tertiary/aromatic N) is 1. The van der Waals surface area contributed by atoms with E-state index < -0.39 is 5.97 Å². The van der Waals surface area contributed by atoms with Gasteiger partial charge in [0.15, 0.2) is 0 Å². The van der Waals surface area contributed by atoms with E-state index in [-0.39, 0.29) is 17.5 Å². The molecule has 1 aliphatic rings. The van der Waals surface area contributed by atoms with Crippen molar-refractivity contribution in [3.8, 4) is 0 Å². The predicted molar refractivity (Wildman–Crippen MR) is 70.5 cm³/mol. The number of carbonyl (C=O) groups is 2. The topological polar surface area (TPSA) is 83.6 Å². The zero-order valence-electron chi connectivity index (χ0n) is 10.9. The van der Waals surface area contributed by atoms with Crippen LogP contribution in [0.25, 0.3) is 0 Å². The molecule has 0 spiro atoms. The number of amides is 1. The molecular formula is C14H18N2O3. The van der Waals surface area contributed by atoms with E-state index in [4.69, 9.17) is 10.8 Å². The van der Waals surface area contributed by atoms with Gasteiger partial charge in [0.05, 0.1) is 5.56 Å². The van der Waals surface area contributed by atoms with E-state index in [0.717, 1.165) is 17.5 Å². The molecule has 5 heteroatoms. The number of aromatic carboxylic acids is 1. The minimum atomic E-state index is -0.944. The average Bonchev–Trinajstić information content (AvgIpc) is 2.81. The zero-order valence-corrected chi connectivity index (χ0v) is 10.9. The SMILES string of the molecule is CCC(N)CC(=O)N1Cc2ccc(C(=O)O)cc2C1. The second-order valence-electron chi connectivity index (χ2n) is 4.91. The molecule has 1 heterocycles. The number of hydrogen-bond acceptors (Lipinski definition) is 3. The molecule has 1 aromatic carbocycles. The molecule has 1 atom stereocenters. The molecule has 1 amide bonds. The molecule has 1 unspecified atom stereocenters. The largest absolute Gasteiger partial charge is 0.478 e. The fourth-order valence-electron chi connectivity index (χ4n) is 2.20. The third-order valence-corrected chi connectivity index (χ3v) is 3.49. The van der Waals surface area contributed by atoms with Crippen molar-refractivity contribution in [1.29, 1.82) is 0 Å². The van der Waals surface area contributed by atoms with E-state index in [1.807, 2.05) is 6.92 Å². The Labute approximate surface area is 112 Å². The Hall–Kier alpha value is -1.88. The van der Waals surface area contributed by atoms with Gasteiger partial charge in [0.25, 0.3) is 0 Å². The number of hydrogen-bond donors (Lipinski definition) is 2. The molecular weight excluding hydrogens is 244 g/mol. The smallest absolute Gasteiger partial charge is 0.335 e. The van der Waals surface area contributed by atoms with Crippen molar-refractivity contribution >= 4 is 11.9 Å². The molecule has 0 radical (unpaired) electrons. The maximum atomic E-state index is 12.0. The van der Waals surface area contributed by atoms with Crippen molar-refractivity contribution in [2.24, 2.45) is 5.73 Å². The summed E-state index contributed by atoms with van der Waals surface area (Å²) in [7, 11) is 0. The van der Waals surface area contributed by atoms with Crippen LogP contribution in [0.2, 0.25) is 0 Å². The molecule has 1 aromatic rings. The van der Waals surface area contributed by atoms with Gasteiger partial charge in [-0.2, -0.15) is 0 Å². The molecule has 0 aromatic heterocycles. The minimum absolute atomic E-state index is 0.0300. The molecule has 0 aliphatic carbocycles. The van der Waals surface area contributed by atoms with Crippen molar-refractivity contribution in [2.75, 3.05) is 0 Å². The third-order valence-electron chi connectivity index (χ3n) is 3.49. The first-order valence-corrected chi connectivity index (χ1v) is 6.39. The van der Waals surface area contributed by atoms with Gasteiger partial charge in [-0.1, -0.05) is 13.0 Å². The Morgan fingerprint density at radius 3 is 2.68 bits per heavy atom. The Kier molecular flexibility index (Phi) is 3.85. The van der Waals surface area contributed by atoms with E-state index in [1.165, 1.54) is 0 Å². The van der Waals surface area contributed by atoms with Crippen molar-refractivity contribution in [1.82, 2.24) is 4.90 Å². The van der Waals surface area contributed by atoms with Crippen LogP contribution in [0.15, 0.2) is 18.2 Å². The van der Waals surface area contributed by atoms with Crippen LogP contribution in [0.4, 0.5) is 0 Å². The number of rotatable bonds is 4. The van der Waals surface area contributed by atoms with Gasteiger partial charge in [-0.15, -0.1) is 0 Å². The predicted octanol–water partition coefficient (Wildman–Crippen LogP) is 1.35. The molecule has 102 valence electrons. The van der Waals surface area contributed by atoms with Crippen LogP contribution < -0.4 is 5.73 Å². The summed E-state index contributed by atoms with van der Waals surface area (Å²) in [6.07, 6.45) is 1.12. The number of nitrogens with two attached hydrogens (primary N) is 1. The summed E-state index contributed by atoms with van der Waals surface area (Å²) in [5, 5.41) is 8.94. The van der Waals surface area contributed by atoms with E-state index in [9.17, 15) is 9.59 Å². The van der Waals surface area contributed by atoms with Crippen LogP contribution in [-0.2, 0) is 17.9 Å². The molecule has 0 saturated heterocycles. The summed E-state index contributed by atoms with van der Waals surface area (Å²) in [6.45, 7) is 2.98. The van der Waals surface area contributed by atoms with Crippen LogP contribution in [0.1, 0.15) is 41.3 Å². The summed E-state index contributed by atoms with van der Waals surface area (Å²) >= 11 is 0. The van der Waals surface area contributed by atoms with Gasteiger partial charge in [0.1, 0.15) is 0 Å². The van der Waals surface area contributed by atoms with Gasteiger partial charge in [0, 0.05) is 25.6 Å². The maximum Gasteiger partial charge on any atom is 0.335 e. The van der Waals surface area contributed by atoms with Crippen LogP contribution in [0, 0.1) is 0 Å². The molecule has 3 N–H and O–H groups in total. The second kappa shape index (κ2) is 5.40. The monoisotopic (exact) mass is 262 g/mol. The highest BCUT2D eigenvalue weighted by molar-refractivity contribution is 5.88. The van der Waals surface area contributed by atoms with Crippen LogP contribution in [0.5, 0.6) is 0 Å². The van der Waals surface area contributed by atoms with Crippen molar-refractivity contribution < 1.29 is 14.7 Å². The van der Waals surface area contributed by atoms with Gasteiger partial charge in [-0.05, 0) is 29.7 Å². The summed E-state index contributed by atoms with van der Waals surface area (Å²) in [5.74, 6) is -0.914. The fraction of sp³-hybridized carbons (Fsp3) is 0.429. The lowest BCUT2D eigenvalue weighted by atomic mass is 10.1. The Balaban J connectivity index is 2.07. The number of carbonyl (C=O) groups excluding carboxylic acids is 1. The first kappa shape index (κ1) is 13.5. The van der Waals surface area contributed by atoms with Crippen LogP contribution in [-0.4, -0.2) is 27.9 Å². The first-order chi connectivity index (χ1) is 9.01. The van der Waals surface area contributed by atoms with Gasteiger partial charge in [-0.3, -0.25) is 4.79 Å². The Morgan fingerprint density at radius 1 is 1.37 bits per heavy atom. The van der Waals surface area contributed by atoms with E-state index >= 15 is 0 Å². The highest BCUT2D eigenvalue weighted by atomic mass is 16.4. The summed E-state index contributed by atoms with van der Waals surface area (Å²) in [6, 6.07) is 4.90. The maximum absolute atomic E-state index is 12.0. The quantitative estimate of drug-likeness (QED) is 0.858. The normalized spacial score (nSPS) is 15.2. The van der Waals surface area contributed by atoms with Crippen molar-refractivity contribution in [2.45, 2.75) is 38.9 Å². The van der Waals surface area contributed by atoms with Gasteiger partial charge < -0.3 is 15.7 Å². The van der Waals surface area contributed by atoms with Crippen molar-refractivity contribution in [3.05, 3.63) is 34.9 Å². The number of benzene rings is 1. The lowest BCUT2D eigenvalue weighted by molar-refractivity contribution is -0.132. The molecule has 5 nitrogen and oxygen atoms in total.